The second-order valence-corrected chi connectivity index (χ2v) is 3.72. The average Bonchev–Trinajstić information content (AvgIpc) is 1.89. The van der Waals surface area contributed by atoms with E-state index in [-0.39, 0.29) is 5.25 Å². The number of thioether (sulfide) groups is 1. The zero-order chi connectivity index (χ0) is 7.11. The highest BCUT2D eigenvalue weighted by molar-refractivity contribution is 8.00. The van der Waals surface area contributed by atoms with Crippen molar-refractivity contribution in [1.29, 1.82) is 0 Å². The van der Waals surface area contributed by atoms with Gasteiger partial charge in [-0.1, -0.05) is 0 Å². The average molecular weight is 164 g/mol. The summed E-state index contributed by atoms with van der Waals surface area (Å²) in [6.07, 6.45) is 2.06. The Morgan fingerprint density at radius 2 is 2.44 bits per heavy atom. The standard InChI is InChI=1S/C6H12OS2/c1-6(5-7)9-4-2-3-8/h5-6,8H,2-4H2,1H3. The summed E-state index contributed by atoms with van der Waals surface area (Å²) >= 11 is 5.73. The summed E-state index contributed by atoms with van der Waals surface area (Å²) in [6, 6.07) is 0. The monoisotopic (exact) mass is 164 g/mol. The van der Waals surface area contributed by atoms with Gasteiger partial charge in [0.05, 0.1) is 5.25 Å². The van der Waals surface area contributed by atoms with Crippen molar-refractivity contribution in [2.24, 2.45) is 0 Å². The first kappa shape index (κ1) is 9.37. The van der Waals surface area contributed by atoms with Crippen LogP contribution in [0.4, 0.5) is 0 Å². The largest absolute Gasteiger partial charge is 0.302 e. The Balaban J connectivity index is 2.96. The predicted octanol–water partition coefficient (Wildman–Crippen LogP) is 1.63. The third-order valence-corrected chi connectivity index (χ3v) is 2.35. The van der Waals surface area contributed by atoms with E-state index in [1.807, 2.05) is 6.92 Å². The molecule has 0 bridgehead atoms. The van der Waals surface area contributed by atoms with Crippen molar-refractivity contribution in [2.75, 3.05) is 11.5 Å². The Morgan fingerprint density at radius 3 is 2.89 bits per heavy atom. The zero-order valence-electron chi connectivity index (χ0n) is 5.54. The highest BCUT2D eigenvalue weighted by Crippen LogP contribution is 2.08. The Hall–Kier alpha value is 0.370. The highest BCUT2D eigenvalue weighted by atomic mass is 32.2. The molecule has 0 aliphatic heterocycles. The van der Waals surface area contributed by atoms with Gasteiger partial charge in [-0.3, -0.25) is 0 Å². The minimum absolute atomic E-state index is 0.157. The van der Waals surface area contributed by atoms with Gasteiger partial charge in [-0.15, -0.1) is 0 Å². The molecule has 9 heavy (non-hydrogen) atoms. The van der Waals surface area contributed by atoms with Gasteiger partial charge >= 0.3 is 0 Å². The molecule has 0 amide bonds. The first-order valence-electron chi connectivity index (χ1n) is 2.99. The molecule has 0 aliphatic carbocycles. The molecule has 0 aliphatic rings. The maximum Gasteiger partial charge on any atom is 0.132 e. The van der Waals surface area contributed by atoms with Crippen molar-refractivity contribution in [3.05, 3.63) is 0 Å². The molecule has 0 heterocycles. The smallest absolute Gasteiger partial charge is 0.132 e. The summed E-state index contributed by atoms with van der Waals surface area (Å²) < 4.78 is 0. The number of thiol groups is 1. The Bertz CT molecular complexity index is 75.5. The molecule has 0 saturated heterocycles. The molecule has 0 saturated carbocycles. The predicted molar refractivity (Wildman–Crippen MR) is 46.5 cm³/mol. The van der Waals surface area contributed by atoms with Crippen LogP contribution in [0.3, 0.4) is 0 Å². The SMILES string of the molecule is CC(C=O)SCCCS. The molecule has 0 aromatic heterocycles. The number of aldehydes is 1. The normalized spacial score (nSPS) is 13.1. The molecule has 0 spiro atoms. The second-order valence-electron chi connectivity index (χ2n) is 1.79. The van der Waals surface area contributed by atoms with Crippen molar-refractivity contribution in [3.63, 3.8) is 0 Å². The van der Waals surface area contributed by atoms with Crippen LogP contribution in [0.2, 0.25) is 0 Å². The topological polar surface area (TPSA) is 17.1 Å². The van der Waals surface area contributed by atoms with E-state index in [1.165, 1.54) is 0 Å². The number of carbonyl (C=O) groups excluding carboxylic acids is 1. The van der Waals surface area contributed by atoms with Crippen LogP contribution in [0.5, 0.6) is 0 Å². The van der Waals surface area contributed by atoms with Crippen molar-refractivity contribution in [2.45, 2.75) is 18.6 Å². The van der Waals surface area contributed by atoms with Crippen LogP contribution >= 0.6 is 24.4 Å². The summed E-state index contributed by atoms with van der Waals surface area (Å²) in [6.45, 7) is 1.91. The van der Waals surface area contributed by atoms with Crippen molar-refractivity contribution in [1.82, 2.24) is 0 Å². The fraction of sp³-hybridized carbons (Fsp3) is 0.833. The third kappa shape index (κ3) is 6.25. The summed E-state index contributed by atoms with van der Waals surface area (Å²) in [5, 5.41) is 0.157. The molecule has 1 unspecified atom stereocenters. The van der Waals surface area contributed by atoms with Gasteiger partial charge in [-0.25, -0.2) is 0 Å². The molecular formula is C6H12OS2. The Kier molecular flexibility index (Phi) is 6.76. The molecule has 0 aromatic rings. The molecule has 0 aromatic carbocycles. The summed E-state index contributed by atoms with van der Waals surface area (Å²) in [7, 11) is 0. The number of carbonyl (C=O) groups is 1. The van der Waals surface area contributed by atoms with E-state index in [2.05, 4.69) is 12.6 Å². The fourth-order valence-corrected chi connectivity index (χ4v) is 1.51. The van der Waals surface area contributed by atoms with Gasteiger partial charge in [0.1, 0.15) is 6.29 Å². The van der Waals surface area contributed by atoms with Gasteiger partial charge in [0.15, 0.2) is 0 Å². The van der Waals surface area contributed by atoms with Crippen LogP contribution in [0.15, 0.2) is 0 Å². The van der Waals surface area contributed by atoms with E-state index < -0.39 is 0 Å². The second kappa shape index (κ2) is 6.49. The van der Waals surface area contributed by atoms with Crippen molar-refractivity contribution < 1.29 is 4.79 Å². The third-order valence-electron chi connectivity index (χ3n) is 0.875. The molecule has 1 nitrogen and oxygen atoms in total. The van der Waals surface area contributed by atoms with Crippen LogP contribution in [-0.4, -0.2) is 23.0 Å². The lowest BCUT2D eigenvalue weighted by Crippen LogP contribution is -1.97. The lowest BCUT2D eigenvalue weighted by atomic mass is 10.5. The summed E-state index contributed by atoms with van der Waals surface area (Å²) in [5.41, 5.74) is 0. The molecule has 3 heteroatoms. The van der Waals surface area contributed by atoms with Gasteiger partial charge < -0.3 is 4.79 Å². The van der Waals surface area contributed by atoms with Gasteiger partial charge in [0.25, 0.3) is 0 Å². The Labute approximate surface area is 66.0 Å². The molecule has 0 N–H and O–H groups in total. The molecule has 54 valence electrons. The minimum Gasteiger partial charge on any atom is -0.302 e. The van der Waals surface area contributed by atoms with E-state index >= 15 is 0 Å². The van der Waals surface area contributed by atoms with Crippen LogP contribution in [-0.2, 0) is 4.79 Å². The van der Waals surface area contributed by atoms with Crippen molar-refractivity contribution in [3.8, 4) is 0 Å². The van der Waals surface area contributed by atoms with Gasteiger partial charge in [0.2, 0.25) is 0 Å². The zero-order valence-corrected chi connectivity index (χ0v) is 7.25. The quantitative estimate of drug-likeness (QED) is 0.378. The lowest BCUT2D eigenvalue weighted by molar-refractivity contribution is -0.107. The van der Waals surface area contributed by atoms with Gasteiger partial charge in [0, 0.05) is 0 Å². The lowest BCUT2D eigenvalue weighted by Gasteiger charge is -1.99. The molecular weight excluding hydrogens is 152 g/mol. The molecule has 0 radical (unpaired) electrons. The molecule has 0 fully saturated rings. The van der Waals surface area contributed by atoms with Crippen molar-refractivity contribution >= 4 is 30.7 Å². The van der Waals surface area contributed by atoms with Crippen LogP contribution < -0.4 is 0 Å². The number of hydrogen-bond donors (Lipinski definition) is 1. The Morgan fingerprint density at radius 1 is 1.78 bits per heavy atom. The summed E-state index contributed by atoms with van der Waals surface area (Å²) in [4.78, 5) is 10.1. The molecule has 1 atom stereocenters. The first-order chi connectivity index (χ1) is 4.31. The maximum atomic E-state index is 10.1. The van der Waals surface area contributed by atoms with Gasteiger partial charge in [-0.05, 0) is 24.9 Å². The highest BCUT2D eigenvalue weighted by Gasteiger charge is 1.96. The van der Waals surface area contributed by atoms with E-state index in [9.17, 15) is 4.79 Å². The van der Waals surface area contributed by atoms with Crippen LogP contribution in [0, 0.1) is 0 Å². The van der Waals surface area contributed by atoms with E-state index in [0.29, 0.717) is 0 Å². The molecule has 0 rings (SSSR count). The van der Waals surface area contributed by atoms with E-state index in [1.54, 1.807) is 11.8 Å². The van der Waals surface area contributed by atoms with E-state index in [4.69, 9.17) is 0 Å². The van der Waals surface area contributed by atoms with E-state index in [0.717, 1.165) is 24.2 Å². The first-order valence-corrected chi connectivity index (χ1v) is 4.67. The van der Waals surface area contributed by atoms with Gasteiger partial charge in [-0.2, -0.15) is 24.4 Å². The van der Waals surface area contributed by atoms with Crippen LogP contribution in [0.1, 0.15) is 13.3 Å². The summed E-state index contributed by atoms with van der Waals surface area (Å²) in [5.74, 6) is 1.96. The number of rotatable bonds is 5. The number of hydrogen-bond acceptors (Lipinski definition) is 3. The van der Waals surface area contributed by atoms with Crippen LogP contribution in [0.25, 0.3) is 0 Å². The fourth-order valence-electron chi connectivity index (χ4n) is 0.373. The minimum atomic E-state index is 0.157. The maximum absolute atomic E-state index is 10.1.